The van der Waals surface area contributed by atoms with Gasteiger partial charge in [-0.15, -0.1) is 0 Å². The van der Waals surface area contributed by atoms with Crippen molar-refractivity contribution in [2.24, 2.45) is 5.10 Å². The number of carbonyl (C=O) groups is 2. The third-order valence-corrected chi connectivity index (χ3v) is 4.38. The molecule has 1 aromatic carbocycles. The van der Waals surface area contributed by atoms with Crippen LogP contribution in [0.25, 0.3) is 0 Å². The highest BCUT2D eigenvalue weighted by atomic mass is 32.1. The van der Waals surface area contributed by atoms with Crippen LogP contribution in [0, 0.1) is 11.7 Å². The van der Waals surface area contributed by atoms with Gasteiger partial charge in [0.25, 0.3) is 5.56 Å². The number of rotatable bonds is 5. The molecular weight excluding hydrogens is 382 g/mol. The van der Waals surface area contributed by atoms with Crippen LogP contribution in [0.5, 0.6) is 5.88 Å². The lowest BCUT2D eigenvalue weighted by Gasteiger charge is -2.13. The second-order valence-corrected chi connectivity index (χ2v) is 6.20. The number of nitrogens with zero attached hydrogens (tertiary/aromatic N) is 3. The van der Waals surface area contributed by atoms with Gasteiger partial charge in [0.1, 0.15) is 5.56 Å². The van der Waals surface area contributed by atoms with Crippen LogP contribution in [0.2, 0.25) is 0 Å². The Morgan fingerprint density at radius 3 is 2.32 bits per heavy atom. The van der Waals surface area contributed by atoms with Gasteiger partial charge in [-0.1, -0.05) is 17.7 Å². The maximum atomic E-state index is 12.4. The van der Waals surface area contributed by atoms with Gasteiger partial charge in [0.05, 0.1) is 6.21 Å². The lowest BCUT2D eigenvalue weighted by atomic mass is 10.2. The Balaban J connectivity index is 2.17. The number of hydrogen-bond donors (Lipinski definition) is 3. The van der Waals surface area contributed by atoms with Crippen LogP contribution in [0.1, 0.15) is 25.0 Å². The van der Waals surface area contributed by atoms with E-state index in [0.29, 0.717) is 18.8 Å². The molecule has 0 atom stereocenters. The molecule has 2 rings (SSSR count). The van der Waals surface area contributed by atoms with E-state index in [9.17, 15) is 19.5 Å². The van der Waals surface area contributed by atoms with Crippen molar-refractivity contribution in [3.8, 4) is 5.88 Å². The highest BCUT2D eigenvalue weighted by Gasteiger charge is 2.15. The number of anilines is 1. The minimum atomic E-state index is -1.02. The van der Waals surface area contributed by atoms with Crippen molar-refractivity contribution < 1.29 is 14.7 Å². The van der Waals surface area contributed by atoms with E-state index in [1.54, 1.807) is 38.1 Å². The van der Waals surface area contributed by atoms with Gasteiger partial charge >= 0.3 is 11.8 Å². The molecule has 0 aliphatic heterocycles. The Morgan fingerprint density at radius 1 is 1.14 bits per heavy atom. The summed E-state index contributed by atoms with van der Waals surface area (Å²) in [6, 6.07) is 6.90. The molecule has 3 N–H and O–H groups in total. The number of aromatic hydroxyl groups is 1. The average molecular weight is 403 g/mol. The molecule has 0 spiro atoms. The summed E-state index contributed by atoms with van der Waals surface area (Å²) in [6.07, 6.45) is 0.988. The summed E-state index contributed by atoms with van der Waals surface area (Å²) in [5.41, 5.74) is 2.82. The summed E-state index contributed by atoms with van der Waals surface area (Å²) in [5, 5.41) is 16.3. The maximum absolute atomic E-state index is 12.4. The molecule has 0 bridgehead atoms. The van der Waals surface area contributed by atoms with Gasteiger partial charge in [-0.05, 0) is 45.1 Å². The van der Waals surface area contributed by atoms with Crippen molar-refractivity contribution in [1.29, 1.82) is 0 Å². The van der Waals surface area contributed by atoms with Crippen LogP contribution in [-0.2, 0) is 22.7 Å². The fraction of sp³-hybridized carbons (Fsp3) is 0.278. The Morgan fingerprint density at radius 2 is 1.75 bits per heavy atom. The van der Waals surface area contributed by atoms with Crippen molar-refractivity contribution in [3.63, 3.8) is 0 Å². The average Bonchev–Trinajstić information content (AvgIpc) is 2.66. The van der Waals surface area contributed by atoms with Gasteiger partial charge in [-0.25, -0.2) is 5.43 Å². The quantitative estimate of drug-likeness (QED) is 0.303. The fourth-order valence-electron chi connectivity index (χ4n) is 2.42. The first-order valence-corrected chi connectivity index (χ1v) is 8.98. The van der Waals surface area contributed by atoms with Crippen molar-refractivity contribution in [2.45, 2.75) is 33.9 Å². The van der Waals surface area contributed by atoms with E-state index in [1.165, 1.54) is 9.13 Å². The molecule has 0 aliphatic carbocycles. The number of aryl methyl sites for hydroxylation is 1. The van der Waals surface area contributed by atoms with E-state index >= 15 is 0 Å². The second-order valence-electron chi connectivity index (χ2n) is 5.83. The summed E-state index contributed by atoms with van der Waals surface area (Å²) in [6.45, 7) is 6.06. The van der Waals surface area contributed by atoms with Crippen LogP contribution in [0.3, 0.4) is 0 Å². The zero-order valence-electron chi connectivity index (χ0n) is 15.7. The molecule has 0 radical (unpaired) electrons. The predicted molar refractivity (Wildman–Crippen MR) is 108 cm³/mol. The normalized spacial score (nSPS) is 10.8. The Labute approximate surface area is 166 Å². The third-order valence-electron chi connectivity index (χ3n) is 3.94. The van der Waals surface area contributed by atoms with Gasteiger partial charge in [-0.2, -0.15) is 5.10 Å². The minimum absolute atomic E-state index is 0.142. The van der Waals surface area contributed by atoms with E-state index in [1.807, 2.05) is 12.3 Å². The molecule has 28 heavy (non-hydrogen) atoms. The number of benzene rings is 1. The number of nitrogens with one attached hydrogen (secondary N) is 2. The Hall–Kier alpha value is -3.27. The van der Waals surface area contributed by atoms with Crippen LogP contribution < -0.4 is 16.3 Å². The Kier molecular flexibility index (Phi) is 6.83. The first-order chi connectivity index (χ1) is 13.3. The number of aromatic nitrogens is 2. The minimum Gasteiger partial charge on any atom is -0.494 e. The summed E-state index contributed by atoms with van der Waals surface area (Å²) in [7, 11) is 0. The number of hydrazone groups is 1. The molecule has 148 valence electrons. The van der Waals surface area contributed by atoms with Crippen LogP contribution in [-0.4, -0.2) is 32.3 Å². The zero-order valence-corrected chi connectivity index (χ0v) is 16.5. The van der Waals surface area contributed by atoms with Gasteiger partial charge in [0.15, 0.2) is 4.77 Å². The van der Waals surface area contributed by atoms with E-state index in [0.717, 1.165) is 11.8 Å². The highest BCUT2D eigenvalue weighted by Crippen LogP contribution is 2.12. The number of carbonyl (C=O) groups excluding carboxylic acids is 2. The third kappa shape index (κ3) is 4.52. The summed E-state index contributed by atoms with van der Waals surface area (Å²) >= 11 is 5.18. The smallest absolute Gasteiger partial charge is 0.329 e. The standard InChI is InChI=1S/C18H21N5O4S/c1-4-22-16(26)13(17(27)23(5-2)18(22)28)10-19-21-15(25)14(24)20-12-8-6-11(3)7-9-12/h6-10,26H,4-5H2,1-3H3,(H,20,24)(H,21,25)/b19-10+. The molecule has 0 fully saturated rings. The van der Waals surface area contributed by atoms with Crippen molar-refractivity contribution in [2.75, 3.05) is 5.32 Å². The summed E-state index contributed by atoms with van der Waals surface area (Å²) < 4.78 is 2.85. The summed E-state index contributed by atoms with van der Waals surface area (Å²) in [4.78, 5) is 36.2. The lowest BCUT2D eigenvalue weighted by molar-refractivity contribution is -0.136. The van der Waals surface area contributed by atoms with Gasteiger partial charge in [0.2, 0.25) is 5.88 Å². The molecule has 10 heteroatoms. The molecule has 1 aromatic heterocycles. The monoisotopic (exact) mass is 403 g/mol. The molecular formula is C18H21N5O4S. The van der Waals surface area contributed by atoms with Gasteiger partial charge in [-0.3, -0.25) is 23.5 Å². The molecule has 2 amide bonds. The highest BCUT2D eigenvalue weighted by molar-refractivity contribution is 7.71. The largest absolute Gasteiger partial charge is 0.494 e. The summed E-state index contributed by atoms with van der Waals surface area (Å²) in [5.74, 6) is -2.29. The molecule has 2 aromatic rings. The molecule has 0 unspecified atom stereocenters. The van der Waals surface area contributed by atoms with E-state index in [4.69, 9.17) is 12.2 Å². The van der Waals surface area contributed by atoms with Gasteiger partial charge < -0.3 is 10.4 Å². The SMILES string of the molecule is CCn1c(O)c(/C=N/NC(=O)C(=O)Nc2ccc(C)cc2)c(=O)n(CC)c1=S. The fourth-order valence-corrected chi connectivity index (χ4v) is 2.85. The number of amides is 2. The topological polar surface area (TPSA) is 118 Å². The van der Waals surface area contributed by atoms with Crippen LogP contribution in [0.15, 0.2) is 34.2 Å². The molecule has 0 saturated heterocycles. The maximum Gasteiger partial charge on any atom is 0.329 e. The van der Waals surface area contributed by atoms with Gasteiger partial charge in [0, 0.05) is 18.8 Å². The zero-order chi connectivity index (χ0) is 20.8. The first kappa shape index (κ1) is 21.0. The molecule has 0 saturated carbocycles. The first-order valence-electron chi connectivity index (χ1n) is 8.57. The van der Waals surface area contributed by atoms with Crippen molar-refractivity contribution in [3.05, 3.63) is 50.5 Å². The number of hydrogen-bond acceptors (Lipinski definition) is 6. The van der Waals surface area contributed by atoms with Crippen LogP contribution >= 0.6 is 12.2 Å². The molecule has 1 heterocycles. The van der Waals surface area contributed by atoms with E-state index in [-0.39, 0.29) is 16.2 Å². The van der Waals surface area contributed by atoms with Crippen molar-refractivity contribution in [1.82, 2.24) is 14.6 Å². The van der Waals surface area contributed by atoms with Crippen molar-refractivity contribution >= 4 is 35.9 Å². The Bertz CT molecular complexity index is 1040. The van der Waals surface area contributed by atoms with E-state index < -0.39 is 17.4 Å². The lowest BCUT2D eigenvalue weighted by Crippen LogP contribution is -2.33. The molecule has 9 nitrogen and oxygen atoms in total. The van der Waals surface area contributed by atoms with Crippen LogP contribution in [0.4, 0.5) is 5.69 Å². The van der Waals surface area contributed by atoms with E-state index in [2.05, 4.69) is 10.4 Å². The molecule has 0 aliphatic rings. The second kappa shape index (κ2) is 9.09. The predicted octanol–water partition coefficient (Wildman–Crippen LogP) is 1.52.